The molecule has 0 aliphatic carbocycles. The van der Waals surface area contributed by atoms with Crippen LogP contribution in [0.5, 0.6) is 0 Å². The normalized spacial score (nSPS) is 14.4. The molecule has 0 rings (SSSR count). The van der Waals surface area contributed by atoms with Crippen molar-refractivity contribution >= 4 is 25.7 Å². The highest BCUT2D eigenvalue weighted by molar-refractivity contribution is 7.47. The zero-order chi connectivity index (χ0) is 33.6. The molecule has 0 aromatic rings. The number of carbonyl (C=O) groups is 3. The van der Waals surface area contributed by atoms with Gasteiger partial charge in [-0.25, -0.2) is 4.57 Å². The Morgan fingerprint density at radius 2 is 1.20 bits per heavy atom. The number of carbonyl (C=O) groups excluding carboxylic acids is 2. The van der Waals surface area contributed by atoms with E-state index in [2.05, 4.69) is 42.7 Å². The monoisotopic (exact) mass is 661 g/mol. The van der Waals surface area contributed by atoms with E-state index in [1.54, 1.807) is 0 Å². The topological polar surface area (TPSA) is 172 Å². The predicted molar refractivity (Wildman–Crippen MR) is 176 cm³/mol. The molecular weight excluding hydrogens is 601 g/mol. The van der Waals surface area contributed by atoms with E-state index in [1.807, 2.05) is 0 Å². The van der Waals surface area contributed by atoms with E-state index >= 15 is 0 Å². The van der Waals surface area contributed by atoms with Crippen molar-refractivity contribution in [2.24, 2.45) is 5.73 Å². The van der Waals surface area contributed by atoms with Crippen LogP contribution in [-0.4, -0.2) is 59.9 Å². The number of hydrogen-bond acceptors (Lipinski definition) is 9. The molecule has 0 fully saturated rings. The van der Waals surface area contributed by atoms with Crippen molar-refractivity contribution in [2.45, 2.75) is 148 Å². The van der Waals surface area contributed by atoms with Gasteiger partial charge in [0.05, 0.1) is 13.2 Å². The molecule has 262 valence electrons. The lowest BCUT2D eigenvalue weighted by molar-refractivity contribution is -0.161. The molecule has 0 aliphatic heterocycles. The first kappa shape index (κ1) is 43.0. The van der Waals surface area contributed by atoms with Crippen molar-refractivity contribution in [3.63, 3.8) is 0 Å². The van der Waals surface area contributed by atoms with E-state index in [9.17, 15) is 23.8 Å². The molecule has 0 aliphatic rings. The number of carboxylic acids is 1. The Hall–Kier alpha value is -2.04. The zero-order valence-electron chi connectivity index (χ0n) is 27.7. The molecule has 3 atom stereocenters. The van der Waals surface area contributed by atoms with Gasteiger partial charge in [-0.05, 0) is 38.5 Å². The first-order valence-corrected chi connectivity index (χ1v) is 18.4. The Morgan fingerprint density at radius 3 is 1.80 bits per heavy atom. The molecule has 0 saturated heterocycles. The Kier molecular flexibility index (Phi) is 28.0. The van der Waals surface area contributed by atoms with Crippen LogP contribution in [0, 0.1) is 0 Å². The molecule has 12 heteroatoms. The maximum absolute atomic E-state index is 12.4. The maximum Gasteiger partial charge on any atom is 0.472 e. The fraction of sp³-hybridized carbons (Fsp3) is 0.788. The highest BCUT2D eigenvalue weighted by atomic mass is 31.2. The molecule has 0 aromatic heterocycles. The van der Waals surface area contributed by atoms with Gasteiger partial charge >= 0.3 is 25.7 Å². The number of carboxylic acid groups (broad SMARTS) is 1. The van der Waals surface area contributed by atoms with Gasteiger partial charge in [0.25, 0.3) is 0 Å². The molecule has 0 amide bonds. The molecule has 0 aromatic carbocycles. The van der Waals surface area contributed by atoms with Crippen LogP contribution in [0.3, 0.4) is 0 Å². The standard InChI is InChI=1S/C33H60NO10P/c1-3-5-7-9-11-12-13-14-15-16-17-19-20-22-24-31(35)41-26-29(27-42-45(39,40)43-28-30(34)33(37)38)44-32(36)25-23-21-18-10-8-6-4-2/h9,11,13-14,29-30H,3-8,10,12,15-28,34H2,1-2H3,(H,37,38)(H,39,40)/b11-9+,14-13+/t29-,30+/m0/s1. The van der Waals surface area contributed by atoms with Crippen molar-refractivity contribution in [2.75, 3.05) is 19.8 Å². The van der Waals surface area contributed by atoms with Crippen LogP contribution in [-0.2, 0) is 37.5 Å². The van der Waals surface area contributed by atoms with Gasteiger partial charge < -0.3 is 25.2 Å². The number of aliphatic carboxylic acids is 1. The molecule has 4 N–H and O–H groups in total. The van der Waals surface area contributed by atoms with Crippen LogP contribution in [0.25, 0.3) is 0 Å². The third-order valence-electron chi connectivity index (χ3n) is 6.95. The van der Waals surface area contributed by atoms with Crippen LogP contribution in [0.2, 0.25) is 0 Å². The van der Waals surface area contributed by atoms with Crippen molar-refractivity contribution < 1.29 is 47.5 Å². The Balaban J connectivity index is 4.46. The number of phosphoric ester groups is 1. The van der Waals surface area contributed by atoms with Gasteiger partial charge in [-0.15, -0.1) is 0 Å². The molecule has 1 unspecified atom stereocenters. The summed E-state index contributed by atoms with van der Waals surface area (Å²) in [4.78, 5) is 45.4. The Labute approximate surface area is 270 Å². The van der Waals surface area contributed by atoms with E-state index in [1.165, 1.54) is 25.7 Å². The maximum atomic E-state index is 12.4. The molecule has 0 bridgehead atoms. The number of nitrogens with two attached hydrogens (primary N) is 1. The number of esters is 2. The van der Waals surface area contributed by atoms with Crippen LogP contribution >= 0.6 is 7.82 Å². The first-order chi connectivity index (χ1) is 21.6. The van der Waals surface area contributed by atoms with Crippen molar-refractivity contribution in [3.8, 4) is 0 Å². The molecule has 0 saturated carbocycles. The lowest BCUT2D eigenvalue weighted by Gasteiger charge is -2.20. The minimum atomic E-state index is -4.70. The Morgan fingerprint density at radius 1 is 0.689 bits per heavy atom. The van der Waals surface area contributed by atoms with Gasteiger partial charge in [0.15, 0.2) is 6.10 Å². The Bertz CT molecular complexity index is 880. The lowest BCUT2D eigenvalue weighted by atomic mass is 10.1. The van der Waals surface area contributed by atoms with Crippen LogP contribution in [0.15, 0.2) is 24.3 Å². The average molecular weight is 662 g/mol. The van der Waals surface area contributed by atoms with E-state index < -0.39 is 51.1 Å². The third kappa shape index (κ3) is 29.1. The number of rotatable bonds is 31. The fourth-order valence-electron chi connectivity index (χ4n) is 4.20. The fourth-order valence-corrected chi connectivity index (χ4v) is 4.97. The minimum absolute atomic E-state index is 0.158. The van der Waals surface area contributed by atoms with Crippen molar-refractivity contribution in [1.82, 2.24) is 0 Å². The number of ether oxygens (including phenoxy) is 2. The van der Waals surface area contributed by atoms with E-state index in [4.69, 9.17) is 24.8 Å². The smallest absolute Gasteiger partial charge is 0.472 e. The van der Waals surface area contributed by atoms with Gasteiger partial charge in [-0.1, -0.05) is 109 Å². The molecule has 0 spiro atoms. The number of phosphoric acid groups is 1. The van der Waals surface area contributed by atoms with E-state index in [0.717, 1.165) is 70.6 Å². The number of unbranched alkanes of at least 4 members (excludes halogenated alkanes) is 13. The quantitative estimate of drug-likeness (QED) is 0.0290. The van der Waals surface area contributed by atoms with Gasteiger partial charge in [0.1, 0.15) is 12.6 Å². The molecule has 45 heavy (non-hydrogen) atoms. The minimum Gasteiger partial charge on any atom is -0.480 e. The van der Waals surface area contributed by atoms with Crippen LogP contribution in [0.1, 0.15) is 136 Å². The highest BCUT2D eigenvalue weighted by Gasteiger charge is 2.28. The summed E-state index contributed by atoms with van der Waals surface area (Å²) in [6, 6.07) is -1.52. The van der Waals surface area contributed by atoms with Crippen molar-refractivity contribution in [1.29, 1.82) is 0 Å². The number of allylic oxidation sites excluding steroid dienone is 4. The molecule has 0 radical (unpaired) electrons. The SMILES string of the molecule is CCCC/C=C/C/C=C/CCCCCCCC(=O)OC[C@@H](COP(=O)(O)OC[C@@H](N)C(=O)O)OC(=O)CCCCCCCCC. The summed E-state index contributed by atoms with van der Waals surface area (Å²) in [7, 11) is -4.70. The van der Waals surface area contributed by atoms with Crippen LogP contribution < -0.4 is 5.73 Å². The molecule has 11 nitrogen and oxygen atoms in total. The average Bonchev–Trinajstić information content (AvgIpc) is 3.00. The summed E-state index contributed by atoms with van der Waals surface area (Å²) < 4.78 is 32.3. The summed E-state index contributed by atoms with van der Waals surface area (Å²) in [5.74, 6) is -2.41. The van der Waals surface area contributed by atoms with Gasteiger partial charge in [-0.2, -0.15) is 0 Å². The predicted octanol–water partition coefficient (Wildman–Crippen LogP) is 7.55. The van der Waals surface area contributed by atoms with E-state index in [0.29, 0.717) is 12.8 Å². The molecular formula is C33H60NO10P. The highest BCUT2D eigenvalue weighted by Crippen LogP contribution is 2.43. The van der Waals surface area contributed by atoms with Crippen molar-refractivity contribution in [3.05, 3.63) is 24.3 Å². The van der Waals surface area contributed by atoms with Crippen LogP contribution in [0.4, 0.5) is 0 Å². The zero-order valence-corrected chi connectivity index (χ0v) is 28.6. The summed E-state index contributed by atoms with van der Waals surface area (Å²) in [5, 5.41) is 8.81. The summed E-state index contributed by atoms with van der Waals surface area (Å²) in [6.07, 6.45) is 25.7. The second kappa shape index (κ2) is 29.4. The van der Waals surface area contributed by atoms with Gasteiger partial charge in [0, 0.05) is 12.8 Å². The summed E-state index contributed by atoms with van der Waals surface area (Å²) in [6.45, 7) is 2.65. The van der Waals surface area contributed by atoms with E-state index in [-0.39, 0.29) is 19.4 Å². The number of hydrogen-bond donors (Lipinski definition) is 3. The van der Waals surface area contributed by atoms with Gasteiger partial charge in [0.2, 0.25) is 0 Å². The molecule has 0 heterocycles. The van der Waals surface area contributed by atoms with Gasteiger partial charge in [-0.3, -0.25) is 23.4 Å². The summed E-state index contributed by atoms with van der Waals surface area (Å²) in [5.41, 5.74) is 5.29. The summed E-state index contributed by atoms with van der Waals surface area (Å²) >= 11 is 0. The largest absolute Gasteiger partial charge is 0.480 e. The lowest BCUT2D eigenvalue weighted by Crippen LogP contribution is -2.34. The third-order valence-corrected chi connectivity index (χ3v) is 7.90. The first-order valence-electron chi connectivity index (χ1n) is 16.9. The second-order valence-electron chi connectivity index (χ2n) is 11.3. The second-order valence-corrected chi connectivity index (χ2v) is 12.8.